The molecule has 1 atom stereocenters. The van der Waals surface area contributed by atoms with Crippen LogP contribution in [0, 0.1) is 0 Å². The van der Waals surface area contributed by atoms with Gasteiger partial charge in [0.05, 0.1) is 24.8 Å². The van der Waals surface area contributed by atoms with E-state index < -0.39 is 22.5 Å². The predicted molar refractivity (Wildman–Crippen MR) is 147 cm³/mol. The fourth-order valence-corrected chi connectivity index (χ4v) is 5.86. The van der Waals surface area contributed by atoms with Crippen molar-refractivity contribution in [1.82, 2.24) is 5.32 Å². The summed E-state index contributed by atoms with van der Waals surface area (Å²) in [5.41, 5.74) is 1.29. The van der Waals surface area contributed by atoms with Crippen LogP contribution in [0.4, 0.5) is 5.69 Å². The second-order valence-corrected chi connectivity index (χ2v) is 11.7. The maximum atomic E-state index is 13.7. The lowest BCUT2D eigenvalue weighted by atomic mass is 9.79. The van der Waals surface area contributed by atoms with Crippen molar-refractivity contribution in [2.24, 2.45) is 0 Å². The number of ether oxygens (including phenoxy) is 2. The molecule has 0 saturated carbocycles. The second-order valence-electron chi connectivity index (χ2n) is 9.43. The van der Waals surface area contributed by atoms with E-state index in [0.717, 1.165) is 9.87 Å². The first-order valence-electron chi connectivity index (χ1n) is 11.8. The van der Waals surface area contributed by atoms with Crippen molar-refractivity contribution in [3.05, 3.63) is 83.4 Å². The lowest BCUT2D eigenvalue weighted by Gasteiger charge is -2.30. The molecule has 0 aromatic heterocycles. The number of carbonyl (C=O) groups is 1. The number of anilines is 1. The van der Waals surface area contributed by atoms with Crippen LogP contribution >= 0.6 is 11.6 Å². The van der Waals surface area contributed by atoms with Gasteiger partial charge in [-0.1, -0.05) is 55.8 Å². The highest BCUT2D eigenvalue weighted by atomic mass is 35.5. The summed E-state index contributed by atoms with van der Waals surface area (Å²) < 4.78 is 39.1. The molecule has 0 aliphatic heterocycles. The molecule has 0 saturated heterocycles. The average molecular weight is 545 g/mol. The summed E-state index contributed by atoms with van der Waals surface area (Å²) >= 11 is 6.03. The van der Waals surface area contributed by atoms with Crippen LogP contribution in [-0.2, 0) is 20.2 Å². The summed E-state index contributed by atoms with van der Waals surface area (Å²) in [4.78, 5) is 13.1. The Balaban J connectivity index is 1.86. The predicted octanol–water partition coefficient (Wildman–Crippen LogP) is 5.43. The first-order chi connectivity index (χ1) is 17.5. The molecule has 1 N–H and O–H groups in total. The second kappa shape index (κ2) is 11.9. The van der Waals surface area contributed by atoms with Gasteiger partial charge in [0, 0.05) is 17.1 Å². The fourth-order valence-electron chi connectivity index (χ4n) is 4.30. The largest absolute Gasteiger partial charge is 0.493 e. The summed E-state index contributed by atoms with van der Waals surface area (Å²) in [6.45, 7) is 5.74. The first-order valence-corrected chi connectivity index (χ1v) is 13.6. The lowest BCUT2D eigenvalue weighted by Crippen LogP contribution is -2.45. The molecule has 1 amide bonds. The van der Waals surface area contributed by atoms with Crippen molar-refractivity contribution < 1.29 is 22.7 Å². The number of amides is 1. The summed E-state index contributed by atoms with van der Waals surface area (Å²) in [7, 11) is -1.24. The molecule has 1 unspecified atom stereocenters. The molecule has 0 bridgehead atoms. The molecule has 7 nitrogen and oxygen atoms in total. The Labute approximate surface area is 224 Å². The number of nitrogens with one attached hydrogen (secondary N) is 1. The molecule has 198 valence electrons. The Kier molecular flexibility index (Phi) is 9.10. The number of nitrogens with zero attached hydrogens (tertiary/aromatic N) is 1. The number of halogens is 1. The van der Waals surface area contributed by atoms with Crippen molar-refractivity contribution in [3.8, 4) is 11.5 Å². The molecule has 37 heavy (non-hydrogen) atoms. The minimum atomic E-state index is -4.14. The molecule has 3 aromatic carbocycles. The van der Waals surface area contributed by atoms with E-state index in [4.69, 9.17) is 21.1 Å². The van der Waals surface area contributed by atoms with Crippen molar-refractivity contribution in [2.45, 2.75) is 43.5 Å². The average Bonchev–Trinajstić information content (AvgIpc) is 2.87. The molecule has 0 spiro atoms. The van der Waals surface area contributed by atoms with Crippen LogP contribution in [0.25, 0.3) is 0 Å². The summed E-state index contributed by atoms with van der Waals surface area (Å²) in [6.07, 6.45) is 0.673. The maximum Gasteiger partial charge on any atom is 0.264 e. The van der Waals surface area contributed by atoms with E-state index in [1.165, 1.54) is 32.4 Å². The maximum absolute atomic E-state index is 13.7. The molecular formula is C28H33ClN2O5S. The fraction of sp³-hybridized carbons (Fsp3) is 0.321. The van der Waals surface area contributed by atoms with Gasteiger partial charge < -0.3 is 14.8 Å². The molecule has 0 radical (unpaired) electrons. The van der Waals surface area contributed by atoms with E-state index in [1.807, 2.05) is 25.1 Å². The van der Waals surface area contributed by atoms with Crippen molar-refractivity contribution in [3.63, 3.8) is 0 Å². The third-order valence-electron chi connectivity index (χ3n) is 6.12. The van der Waals surface area contributed by atoms with E-state index in [-0.39, 0.29) is 22.1 Å². The Bertz CT molecular complexity index is 1310. The summed E-state index contributed by atoms with van der Waals surface area (Å²) in [6, 6.07) is 20.5. The Hall–Kier alpha value is -3.23. The zero-order chi connectivity index (χ0) is 27.2. The smallest absolute Gasteiger partial charge is 0.264 e. The third-order valence-corrected chi connectivity index (χ3v) is 8.15. The van der Waals surface area contributed by atoms with Gasteiger partial charge in [0.1, 0.15) is 6.54 Å². The minimum absolute atomic E-state index is 0.0360. The third kappa shape index (κ3) is 6.96. The molecule has 3 aromatic rings. The number of sulfonamides is 1. The topological polar surface area (TPSA) is 84.9 Å². The van der Waals surface area contributed by atoms with E-state index in [2.05, 4.69) is 31.3 Å². The zero-order valence-corrected chi connectivity index (χ0v) is 23.3. The van der Waals surface area contributed by atoms with Crippen LogP contribution < -0.4 is 19.1 Å². The van der Waals surface area contributed by atoms with Crippen molar-refractivity contribution >= 4 is 33.2 Å². The molecule has 0 fully saturated rings. The summed E-state index contributed by atoms with van der Waals surface area (Å²) in [5.74, 6) is 0.239. The van der Waals surface area contributed by atoms with Crippen LogP contribution in [0.3, 0.4) is 0 Å². The normalized spacial score (nSPS) is 12.5. The van der Waals surface area contributed by atoms with E-state index >= 15 is 0 Å². The number of methoxy groups -OCH3 is 2. The van der Waals surface area contributed by atoms with Crippen LogP contribution in [-0.4, -0.2) is 41.1 Å². The Morgan fingerprint density at radius 3 is 2.19 bits per heavy atom. The van der Waals surface area contributed by atoms with Crippen molar-refractivity contribution in [2.75, 3.05) is 25.1 Å². The van der Waals surface area contributed by atoms with Gasteiger partial charge in [0.2, 0.25) is 5.91 Å². The summed E-state index contributed by atoms with van der Waals surface area (Å²) in [5, 5.41) is 3.42. The van der Waals surface area contributed by atoms with Gasteiger partial charge in [-0.3, -0.25) is 9.10 Å². The van der Waals surface area contributed by atoms with E-state index in [0.29, 0.717) is 22.9 Å². The Morgan fingerprint density at radius 1 is 0.973 bits per heavy atom. The SMILES string of the molecule is COc1ccc(S(=O)(=O)N(CC(=O)NC(C)CC(C)(C)c2ccccc2)c2ccc(Cl)cc2)cc1OC. The number of hydrogen-bond donors (Lipinski definition) is 1. The van der Waals surface area contributed by atoms with Gasteiger partial charge in [-0.05, 0) is 60.7 Å². The Morgan fingerprint density at radius 2 is 1.59 bits per heavy atom. The van der Waals surface area contributed by atoms with Gasteiger partial charge in [0.25, 0.3) is 10.0 Å². The molecule has 9 heteroatoms. The van der Waals surface area contributed by atoms with Crippen molar-refractivity contribution in [1.29, 1.82) is 0 Å². The molecule has 3 rings (SSSR count). The lowest BCUT2D eigenvalue weighted by molar-refractivity contribution is -0.120. The van der Waals surface area contributed by atoms with Gasteiger partial charge in [0.15, 0.2) is 11.5 Å². The molecule has 0 aliphatic carbocycles. The monoisotopic (exact) mass is 544 g/mol. The minimum Gasteiger partial charge on any atom is -0.493 e. The van der Waals surface area contributed by atoms with Crippen LogP contribution in [0.2, 0.25) is 5.02 Å². The number of benzene rings is 3. The molecular weight excluding hydrogens is 512 g/mol. The van der Waals surface area contributed by atoms with Gasteiger partial charge >= 0.3 is 0 Å². The van der Waals surface area contributed by atoms with Gasteiger partial charge in [-0.15, -0.1) is 0 Å². The molecule has 0 heterocycles. The number of rotatable bonds is 11. The van der Waals surface area contributed by atoms with Crippen LogP contribution in [0.1, 0.15) is 32.8 Å². The molecule has 0 aliphatic rings. The highest BCUT2D eigenvalue weighted by Crippen LogP contribution is 2.33. The highest BCUT2D eigenvalue weighted by Gasteiger charge is 2.30. The van der Waals surface area contributed by atoms with Crippen LogP contribution in [0.15, 0.2) is 77.7 Å². The van der Waals surface area contributed by atoms with Crippen LogP contribution in [0.5, 0.6) is 11.5 Å². The number of hydrogen-bond acceptors (Lipinski definition) is 5. The highest BCUT2D eigenvalue weighted by molar-refractivity contribution is 7.92. The van der Waals surface area contributed by atoms with Gasteiger partial charge in [-0.25, -0.2) is 8.42 Å². The van der Waals surface area contributed by atoms with E-state index in [9.17, 15) is 13.2 Å². The number of carbonyl (C=O) groups excluding carboxylic acids is 1. The zero-order valence-electron chi connectivity index (χ0n) is 21.7. The first kappa shape index (κ1) is 28.3. The van der Waals surface area contributed by atoms with E-state index in [1.54, 1.807) is 24.3 Å². The van der Waals surface area contributed by atoms with Gasteiger partial charge in [-0.2, -0.15) is 0 Å². The quantitative estimate of drug-likeness (QED) is 0.348. The standard InChI is InChI=1S/C28H33ClN2O5S/c1-20(18-28(2,3)21-9-7-6-8-10-21)30-27(32)19-31(23-13-11-22(29)12-14-23)37(33,34)24-15-16-25(35-4)26(17-24)36-5/h6-17,20H,18-19H2,1-5H3,(H,30,32).